The molecule has 0 radical (unpaired) electrons. The number of rotatable bonds is 5. The highest BCUT2D eigenvalue weighted by molar-refractivity contribution is 7.80. The van der Waals surface area contributed by atoms with Crippen molar-refractivity contribution in [1.82, 2.24) is 10.6 Å². The van der Waals surface area contributed by atoms with E-state index in [0.717, 1.165) is 5.56 Å². The predicted octanol–water partition coefficient (Wildman–Crippen LogP) is 4.68. The fourth-order valence-corrected chi connectivity index (χ4v) is 2.71. The molecule has 0 aliphatic heterocycles. The molecule has 0 aromatic heterocycles. The van der Waals surface area contributed by atoms with Gasteiger partial charge in [0, 0.05) is 10.7 Å². The van der Waals surface area contributed by atoms with Crippen LogP contribution in [0.2, 0.25) is 5.02 Å². The normalized spacial score (nSPS) is 12.2. The van der Waals surface area contributed by atoms with Crippen LogP contribution in [0.15, 0.2) is 54.6 Å². The Morgan fingerprint density at radius 2 is 1.62 bits per heavy atom. The van der Waals surface area contributed by atoms with E-state index in [1.807, 2.05) is 30.3 Å². The summed E-state index contributed by atoms with van der Waals surface area (Å²) in [6.07, 6.45) is -0.868. The summed E-state index contributed by atoms with van der Waals surface area (Å²) in [5, 5.41) is 9.14. The topological polar surface area (TPSA) is 53.2 Å². The van der Waals surface area contributed by atoms with Gasteiger partial charge in [-0.2, -0.15) is 0 Å². The highest BCUT2D eigenvalue weighted by Crippen LogP contribution is 2.29. The summed E-state index contributed by atoms with van der Waals surface area (Å²) < 4.78 is -1.81. The zero-order valence-corrected chi connectivity index (χ0v) is 17.1. The molecule has 0 spiro atoms. The monoisotopic (exact) mass is 449 g/mol. The molecule has 26 heavy (non-hydrogen) atoms. The van der Waals surface area contributed by atoms with E-state index in [1.54, 1.807) is 24.3 Å². The van der Waals surface area contributed by atoms with Crippen LogP contribution in [-0.2, 0) is 11.2 Å². The minimum atomic E-state index is -1.81. The van der Waals surface area contributed by atoms with Crippen LogP contribution < -0.4 is 16.0 Å². The molecule has 2 aromatic carbocycles. The van der Waals surface area contributed by atoms with E-state index >= 15 is 0 Å². The zero-order chi connectivity index (χ0) is 19.2. The van der Waals surface area contributed by atoms with Crippen molar-refractivity contribution in [2.75, 3.05) is 5.32 Å². The number of hydrogen-bond donors (Lipinski definition) is 3. The molecular weight excluding hydrogens is 436 g/mol. The Bertz CT molecular complexity index is 751. The molecule has 0 aliphatic carbocycles. The molecule has 0 heterocycles. The third kappa shape index (κ3) is 7.17. The summed E-state index contributed by atoms with van der Waals surface area (Å²) in [6.45, 7) is 0. The van der Waals surface area contributed by atoms with Crippen molar-refractivity contribution in [2.24, 2.45) is 0 Å². The first-order valence-electron chi connectivity index (χ1n) is 7.47. The fraction of sp³-hybridized carbons (Fsp3) is 0.176. The summed E-state index contributed by atoms with van der Waals surface area (Å²) >= 11 is 28.9. The zero-order valence-electron chi connectivity index (χ0n) is 13.3. The summed E-state index contributed by atoms with van der Waals surface area (Å²) in [5.74, 6) is -0.311. The van der Waals surface area contributed by atoms with Gasteiger partial charge in [-0.3, -0.25) is 4.79 Å². The van der Waals surface area contributed by atoms with Gasteiger partial charge in [-0.15, -0.1) is 0 Å². The van der Waals surface area contributed by atoms with E-state index in [0.29, 0.717) is 10.7 Å². The van der Waals surface area contributed by atoms with E-state index < -0.39 is 9.96 Å². The van der Waals surface area contributed by atoms with Crippen molar-refractivity contribution in [3.05, 3.63) is 65.2 Å². The van der Waals surface area contributed by atoms with Gasteiger partial charge in [-0.25, -0.2) is 0 Å². The average Bonchev–Trinajstić information content (AvgIpc) is 2.56. The molecule has 0 fully saturated rings. The largest absolute Gasteiger partial charge is 0.339 e. The molecule has 0 saturated heterocycles. The lowest BCUT2D eigenvalue weighted by Crippen LogP contribution is -2.56. The number of hydrogen-bond acceptors (Lipinski definition) is 2. The SMILES string of the molecule is O=C(Cc1ccccc1)NC(NC(=S)Nc1ccc(Cl)cc1)C(Cl)(Cl)Cl. The second-order valence-corrected chi connectivity index (χ2v) is 8.52. The predicted molar refractivity (Wildman–Crippen MR) is 113 cm³/mol. The van der Waals surface area contributed by atoms with Crippen LogP contribution in [-0.4, -0.2) is 21.0 Å². The molecule has 9 heteroatoms. The number of carbonyl (C=O) groups excluding carboxylic acids is 1. The van der Waals surface area contributed by atoms with Crippen molar-refractivity contribution in [1.29, 1.82) is 0 Å². The van der Waals surface area contributed by atoms with E-state index in [1.165, 1.54) is 0 Å². The molecule has 3 N–H and O–H groups in total. The molecular formula is C17H15Cl4N3OS. The Hall–Kier alpha value is -1.24. The molecule has 2 rings (SSSR count). The van der Waals surface area contributed by atoms with Gasteiger partial charge in [-0.1, -0.05) is 76.7 Å². The maximum atomic E-state index is 12.2. The summed E-state index contributed by atoms with van der Waals surface area (Å²) in [5.41, 5.74) is 1.54. The van der Waals surface area contributed by atoms with Crippen LogP contribution >= 0.6 is 58.6 Å². The lowest BCUT2D eigenvalue weighted by molar-refractivity contribution is -0.121. The lowest BCUT2D eigenvalue weighted by Gasteiger charge is -2.27. The van der Waals surface area contributed by atoms with E-state index in [-0.39, 0.29) is 17.4 Å². The number of thiocarbonyl (C=S) groups is 1. The first-order valence-corrected chi connectivity index (χ1v) is 9.39. The highest BCUT2D eigenvalue weighted by Gasteiger charge is 2.34. The summed E-state index contributed by atoms with van der Waals surface area (Å²) in [6, 6.07) is 16.1. The number of benzene rings is 2. The van der Waals surface area contributed by atoms with Gasteiger partial charge in [-0.05, 0) is 42.0 Å². The van der Waals surface area contributed by atoms with Crippen LogP contribution in [0.4, 0.5) is 5.69 Å². The Balaban J connectivity index is 1.97. The number of nitrogens with one attached hydrogen (secondary N) is 3. The van der Waals surface area contributed by atoms with Gasteiger partial charge in [0.15, 0.2) is 5.11 Å². The molecule has 0 aliphatic rings. The van der Waals surface area contributed by atoms with Gasteiger partial charge >= 0.3 is 0 Å². The Morgan fingerprint density at radius 1 is 1.00 bits per heavy atom. The molecule has 0 bridgehead atoms. The van der Waals surface area contributed by atoms with Crippen molar-refractivity contribution < 1.29 is 4.79 Å². The average molecular weight is 451 g/mol. The van der Waals surface area contributed by atoms with Gasteiger partial charge in [0.05, 0.1) is 6.42 Å². The van der Waals surface area contributed by atoms with Gasteiger partial charge in [0.25, 0.3) is 0 Å². The molecule has 1 atom stereocenters. The number of carbonyl (C=O) groups is 1. The van der Waals surface area contributed by atoms with Crippen molar-refractivity contribution in [3.63, 3.8) is 0 Å². The Labute approximate surface area is 177 Å². The fourth-order valence-electron chi connectivity index (χ4n) is 2.02. The number of halogens is 4. The van der Waals surface area contributed by atoms with Crippen molar-refractivity contribution in [3.8, 4) is 0 Å². The first-order chi connectivity index (χ1) is 12.2. The summed E-state index contributed by atoms with van der Waals surface area (Å²) in [7, 11) is 0. The second kappa shape index (κ2) is 9.62. The van der Waals surface area contributed by atoms with Crippen LogP contribution in [0.25, 0.3) is 0 Å². The highest BCUT2D eigenvalue weighted by atomic mass is 35.6. The molecule has 138 valence electrons. The quantitative estimate of drug-likeness (QED) is 0.351. The van der Waals surface area contributed by atoms with E-state index in [4.69, 9.17) is 58.6 Å². The third-order valence-corrected chi connectivity index (χ3v) is 4.34. The molecule has 2 aromatic rings. The minimum Gasteiger partial charge on any atom is -0.339 e. The second-order valence-electron chi connectivity index (χ2n) is 5.31. The number of anilines is 1. The standard InChI is InChI=1S/C17H15Cl4N3OS/c18-12-6-8-13(9-7-12)22-16(26)24-15(17(19,20)21)23-14(25)10-11-4-2-1-3-5-11/h1-9,15H,10H2,(H,23,25)(H2,22,24,26). The Kier molecular flexibility index (Phi) is 7.80. The maximum Gasteiger partial charge on any atom is 0.228 e. The van der Waals surface area contributed by atoms with Crippen LogP contribution in [0, 0.1) is 0 Å². The molecule has 1 unspecified atom stereocenters. The Morgan fingerprint density at radius 3 is 2.19 bits per heavy atom. The van der Waals surface area contributed by atoms with Crippen molar-refractivity contribution in [2.45, 2.75) is 16.4 Å². The van der Waals surface area contributed by atoms with E-state index in [2.05, 4.69) is 16.0 Å². The van der Waals surface area contributed by atoms with Crippen LogP contribution in [0.1, 0.15) is 5.56 Å². The smallest absolute Gasteiger partial charge is 0.228 e. The molecule has 0 saturated carbocycles. The molecule has 1 amide bonds. The van der Waals surface area contributed by atoms with Gasteiger partial charge < -0.3 is 16.0 Å². The summed E-state index contributed by atoms with van der Waals surface area (Å²) in [4.78, 5) is 12.2. The number of amides is 1. The lowest BCUT2D eigenvalue weighted by atomic mass is 10.1. The van der Waals surface area contributed by atoms with Crippen LogP contribution in [0.5, 0.6) is 0 Å². The first kappa shape index (κ1) is 21.1. The van der Waals surface area contributed by atoms with Gasteiger partial charge in [0.1, 0.15) is 6.17 Å². The molecule has 4 nitrogen and oxygen atoms in total. The van der Waals surface area contributed by atoms with Crippen molar-refractivity contribution >= 4 is 75.3 Å². The maximum absolute atomic E-state index is 12.2. The van der Waals surface area contributed by atoms with E-state index in [9.17, 15) is 4.79 Å². The minimum absolute atomic E-state index is 0.150. The number of alkyl halides is 3. The van der Waals surface area contributed by atoms with Gasteiger partial charge in [0.2, 0.25) is 9.70 Å². The van der Waals surface area contributed by atoms with Crippen LogP contribution in [0.3, 0.4) is 0 Å². The third-order valence-electron chi connectivity index (χ3n) is 3.22.